The van der Waals surface area contributed by atoms with Gasteiger partial charge in [-0.3, -0.25) is 0 Å². The molecule has 2 N–H and O–H groups in total. The molecule has 1 heterocycles. The van der Waals surface area contributed by atoms with Gasteiger partial charge < -0.3 is 10.6 Å². The van der Waals surface area contributed by atoms with Gasteiger partial charge >= 0.3 is 6.18 Å². The molecule has 0 saturated heterocycles. The van der Waals surface area contributed by atoms with Gasteiger partial charge in [-0.15, -0.1) is 0 Å². The van der Waals surface area contributed by atoms with Crippen LogP contribution < -0.4 is 10.6 Å². The lowest BCUT2D eigenvalue weighted by Crippen LogP contribution is -2.23. The topological polar surface area (TPSA) is 49.8 Å². The van der Waals surface area contributed by atoms with Crippen LogP contribution in [0.15, 0.2) is 6.07 Å². The highest BCUT2D eigenvalue weighted by molar-refractivity contribution is 5.43. The molecule has 0 fully saturated rings. The van der Waals surface area contributed by atoms with Crippen molar-refractivity contribution in [2.75, 3.05) is 17.2 Å². The summed E-state index contributed by atoms with van der Waals surface area (Å²) in [6, 6.07) is 0.959. The van der Waals surface area contributed by atoms with E-state index in [0.29, 0.717) is 6.54 Å². The number of nitrogens with zero attached hydrogens (tertiary/aromatic N) is 2. The molecule has 0 aliphatic heterocycles. The lowest BCUT2D eigenvalue weighted by Gasteiger charge is -2.19. The minimum Gasteiger partial charge on any atom is -0.367 e. The standard InChI is InChI=1S/C13H21F3N4/c1-5-6-17-12-19-10(13(14,15)16)7-11(20-12)18-9(4)8(2)3/h7-9H,5-6H2,1-4H3,(H2,17,18,19,20). The Kier molecular flexibility index (Phi) is 5.59. The van der Waals surface area contributed by atoms with Gasteiger partial charge in [0.2, 0.25) is 5.95 Å². The van der Waals surface area contributed by atoms with Gasteiger partial charge in [0.1, 0.15) is 5.82 Å². The lowest BCUT2D eigenvalue weighted by atomic mass is 10.1. The van der Waals surface area contributed by atoms with E-state index in [9.17, 15) is 13.2 Å². The first-order chi connectivity index (χ1) is 9.24. The van der Waals surface area contributed by atoms with Crippen molar-refractivity contribution in [1.29, 1.82) is 0 Å². The summed E-state index contributed by atoms with van der Waals surface area (Å²) >= 11 is 0. The Hall–Kier alpha value is -1.53. The lowest BCUT2D eigenvalue weighted by molar-refractivity contribution is -0.141. The first kappa shape index (κ1) is 16.5. The van der Waals surface area contributed by atoms with Gasteiger partial charge in [-0.1, -0.05) is 20.8 Å². The quantitative estimate of drug-likeness (QED) is 0.837. The minimum atomic E-state index is -4.48. The number of halogens is 3. The van der Waals surface area contributed by atoms with Gasteiger partial charge in [0, 0.05) is 18.7 Å². The molecule has 0 bridgehead atoms. The maximum absolute atomic E-state index is 12.8. The van der Waals surface area contributed by atoms with Crippen LogP contribution in [-0.4, -0.2) is 22.6 Å². The average molecular weight is 290 g/mol. The number of hydrogen-bond acceptors (Lipinski definition) is 4. The summed E-state index contributed by atoms with van der Waals surface area (Å²) in [7, 11) is 0. The molecule has 0 saturated carbocycles. The fourth-order valence-corrected chi connectivity index (χ4v) is 1.38. The van der Waals surface area contributed by atoms with Crippen molar-refractivity contribution in [2.45, 2.75) is 46.3 Å². The van der Waals surface area contributed by atoms with E-state index in [1.54, 1.807) is 0 Å². The molecule has 20 heavy (non-hydrogen) atoms. The summed E-state index contributed by atoms with van der Waals surface area (Å²) in [5.41, 5.74) is -0.940. The van der Waals surface area contributed by atoms with Crippen molar-refractivity contribution in [1.82, 2.24) is 9.97 Å². The van der Waals surface area contributed by atoms with Crippen molar-refractivity contribution in [2.24, 2.45) is 5.92 Å². The molecule has 0 radical (unpaired) electrons. The molecular formula is C13H21F3N4. The van der Waals surface area contributed by atoms with Crippen LogP contribution in [0.3, 0.4) is 0 Å². The van der Waals surface area contributed by atoms with Crippen LogP contribution in [0.4, 0.5) is 24.9 Å². The monoisotopic (exact) mass is 290 g/mol. The highest BCUT2D eigenvalue weighted by Crippen LogP contribution is 2.30. The summed E-state index contributed by atoms with van der Waals surface area (Å²) in [6.45, 7) is 8.32. The third kappa shape index (κ3) is 4.86. The maximum Gasteiger partial charge on any atom is 0.433 e. The fourth-order valence-electron chi connectivity index (χ4n) is 1.38. The molecular weight excluding hydrogens is 269 g/mol. The van der Waals surface area contributed by atoms with E-state index in [4.69, 9.17) is 0 Å². The van der Waals surface area contributed by atoms with Gasteiger partial charge in [0.05, 0.1) is 0 Å². The number of alkyl halides is 3. The Morgan fingerprint density at radius 3 is 2.35 bits per heavy atom. The van der Waals surface area contributed by atoms with Gasteiger partial charge in [-0.25, -0.2) is 4.98 Å². The molecule has 0 aliphatic rings. The summed E-state index contributed by atoms with van der Waals surface area (Å²) in [5.74, 6) is 0.471. The second kappa shape index (κ2) is 6.76. The largest absolute Gasteiger partial charge is 0.433 e. The van der Waals surface area contributed by atoms with Crippen molar-refractivity contribution in [3.8, 4) is 0 Å². The van der Waals surface area contributed by atoms with Crippen molar-refractivity contribution >= 4 is 11.8 Å². The molecule has 0 aliphatic carbocycles. The van der Waals surface area contributed by atoms with Crippen LogP contribution in [0.5, 0.6) is 0 Å². The smallest absolute Gasteiger partial charge is 0.367 e. The van der Waals surface area contributed by atoms with E-state index in [1.807, 2.05) is 27.7 Å². The Morgan fingerprint density at radius 2 is 1.85 bits per heavy atom. The van der Waals surface area contributed by atoms with Gasteiger partial charge in [-0.2, -0.15) is 18.2 Å². The number of aromatic nitrogens is 2. The molecule has 1 unspecified atom stereocenters. The summed E-state index contributed by atoms with van der Waals surface area (Å²) < 4.78 is 38.5. The fraction of sp³-hybridized carbons (Fsp3) is 0.692. The van der Waals surface area contributed by atoms with Crippen LogP contribution in [0.1, 0.15) is 39.8 Å². The summed E-state index contributed by atoms with van der Waals surface area (Å²) in [4.78, 5) is 7.58. The first-order valence-electron chi connectivity index (χ1n) is 6.70. The highest BCUT2D eigenvalue weighted by atomic mass is 19.4. The van der Waals surface area contributed by atoms with Gasteiger partial charge in [-0.05, 0) is 19.3 Å². The van der Waals surface area contributed by atoms with E-state index >= 15 is 0 Å². The number of nitrogens with one attached hydrogen (secondary N) is 2. The first-order valence-corrected chi connectivity index (χ1v) is 6.70. The van der Waals surface area contributed by atoms with Crippen LogP contribution >= 0.6 is 0 Å². The zero-order valence-electron chi connectivity index (χ0n) is 12.2. The van der Waals surface area contributed by atoms with Crippen LogP contribution in [-0.2, 0) is 6.18 Å². The van der Waals surface area contributed by atoms with Crippen LogP contribution in [0.25, 0.3) is 0 Å². The number of hydrogen-bond donors (Lipinski definition) is 2. The SMILES string of the molecule is CCCNc1nc(NC(C)C(C)C)cc(C(F)(F)F)n1. The minimum absolute atomic E-state index is 0.000121. The third-order valence-electron chi connectivity index (χ3n) is 2.93. The molecule has 1 aromatic heterocycles. The third-order valence-corrected chi connectivity index (χ3v) is 2.93. The molecule has 0 amide bonds. The van der Waals surface area contributed by atoms with E-state index in [-0.39, 0.29) is 23.7 Å². The van der Waals surface area contributed by atoms with Crippen LogP contribution in [0.2, 0.25) is 0 Å². The summed E-state index contributed by atoms with van der Waals surface area (Å²) in [6.07, 6.45) is -3.70. The molecule has 1 rings (SSSR count). The van der Waals surface area contributed by atoms with E-state index in [2.05, 4.69) is 20.6 Å². The van der Waals surface area contributed by atoms with E-state index < -0.39 is 11.9 Å². The van der Waals surface area contributed by atoms with Crippen molar-refractivity contribution in [3.63, 3.8) is 0 Å². The second-order valence-electron chi connectivity index (χ2n) is 5.06. The van der Waals surface area contributed by atoms with Gasteiger partial charge in [0.25, 0.3) is 0 Å². The zero-order valence-corrected chi connectivity index (χ0v) is 12.2. The molecule has 0 aromatic carbocycles. The molecule has 4 nitrogen and oxygen atoms in total. The maximum atomic E-state index is 12.8. The normalized spacial score (nSPS) is 13.4. The predicted octanol–water partition coefficient (Wildman–Crippen LogP) is 3.77. The van der Waals surface area contributed by atoms with Gasteiger partial charge in [0.15, 0.2) is 5.69 Å². The van der Waals surface area contributed by atoms with Crippen molar-refractivity contribution in [3.05, 3.63) is 11.8 Å². The zero-order chi connectivity index (χ0) is 15.3. The summed E-state index contributed by atoms with van der Waals surface area (Å²) in [5, 5.41) is 5.77. The molecule has 114 valence electrons. The second-order valence-corrected chi connectivity index (χ2v) is 5.06. The Labute approximate surface area is 117 Å². The van der Waals surface area contributed by atoms with Crippen LogP contribution in [0, 0.1) is 5.92 Å². The Bertz CT molecular complexity index is 432. The molecule has 1 atom stereocenters. The average Bonchev–Trinajstić information content (AvgIpc) is 2.34. The predicted molar refractivity (Wildman–Crippen MR) is 73.7 cm³/mol. The number of anilines is 2. The van der Waals surface area contributed by atoms with E-state index in [1.165, 1.54) is 0 Å². The number of rotatable bonds is 6. The molecule has 7 heteroatoms. The Morgan fingerprint density at radius 1 is 1.20 bits per heavy atom. The van der Waals surface area contributed by atoms with Crippen molar-refractivity contribution < 1.29 is 13.2 Å². The highest BCUT2D eigenvalue weighted by Gasteiger charge is 2.33. The molecule has 1 aromatic rings. The van der Waals surface area contributed by atoms with E-state index in [0.717, 1.165) is 12.5 Å². The Balaban J connectivity index is 3.03. The molecule has 0 spiro atoms.